The molecule has 1 atom stereocenters. The SMILES string of the molecule is CCC(N)CSCCO. The Morgan fingerprint density at radius 2 is 2.33 bits per heavy atom. The minimum absolute atomic E-state index is 0.265. The number of aliphatic hydroxyl groups is 1. The fourth-order valence-electron chi connectivity index (χ4n) is 0.417. The van der Waals surface area contributed by atoms with Gasteiger partial charge in [-0.3, -0.25) is 0 Å². The van der Waals surface area contributed by atoms with E-state index in [-0.39, 0.29) is 6.61 Å². The molecule has 0 radical (unpaired) electrons. The van der Waals surface area contributed by atoms with Crippen molar-refractivity contribution in [3.8, 4) is 0 Å². The number of aliphatic hydroxyl groups excluding tert-OH is 1. The molecule has 0 fully saturated rings. The fourth-order valence-corrected chi connectivity index (χ4v) is 1.25. The van der Waals surface area contributed by atoms with Crippen LogP contribution in [0.4, 0.5) is 0 Å². The van der Waals surface area contributed by atoms with Crippen LogP contribution >= 0.6 is 11.8 Å². The van der Waals surface area contributed by atoms with Crippen LogP contribution in [0.25, 0.3) is 0 Å². The third kappa shape index (κ3) is 6.15. The molecule has 0 saturated carbocycles. The molecule has 0 bridgehead atoms. The predicted octanol–water partition coefficient (Wildman–Crippen LogP) is 0.449. The molecule has 0 aromatic rings. The van der Waals surface area contributed by atoms with Gasteiger partial charge in [-0.1, -0.05) is 6.92 Å². The Hall–Kier alpha value is 0.270. The Balaban J connectivity index is 2.88. The largest absolute Gasteiger partial charge is 0.396 e. The summed E-state index contributed by atoms with van der Waals surface area (Å²) in [6.45, 7) is 2.34. The topological polar surface area (TPSA) is 46.2 Å². The zero-order valence-corrected chi connectivity index (χ0v) is 6.66. The van der Waals surface area contributed by atoms with E-state index in [1.807, 2.05) is 0 Å². The van der Waals surface area contributed by atoms with Gasteiger partial charge in [0.25, 0.3) is 0 Å². The molecule has 0 rings (SSSR count). The highest BCUT2D eigenvalue weighted by Crippen LogP contribution is 2.01. The van der Waals surface area contributed by atoms with Crippen LogP contribution in [0.15, 0.2) is 0 Å². The van der Waals surface area contributed by atoms with Gasteiger partial charge in [0.15, 0.2) is 0 Å². The number of hydrogen-bond donors (Lipinski definition) is 2. The average Bonchev–Trinajstić information content (AvgIpc) is 1.89. The van der Waals surface area contributed by atoms with Crippen LogP contribution in [-0.2, 0) is 0 Å². The Bertz CT molecular complexity index is 61.0. The second-order valence-corrected chi connectivity index (χ2v) is 3.12. The molecular formula is C6H15NOS. The Labute approximate surface area is 60.8 Å². The van der Waals surface area contributed by atoms with Crippen LogP contribution in [0.2, 0.25) is 0 Å². The first-order valence-corrected chi connectivity index (χ1v) is 4.41. The number of rotatable bonds is 5. The van der Waals surface area contributed by atoms with Gasteiger partial charge in [-0.15, -0.1) is 0 Å². The first-order valence-electron chi connectivity index (χ1n) is 3.25. The van der Waals surface area contributed by atoms with Crippen LogP contribution in [0.1, 0.15) is 13.3 Å². The minimum atomic E-state index is 0.265. The highest BCUT2D eigenvalue weighted by Gasteiger charge is 1.96. The molecule has 56 valence electrons. The lowest BCUT2D eigenvalue weighted by Crippen LogP contribution is -2.21. The Morgan fingerprint density at radius 1 is 1.67 bits per heavy atom. The van der Waals surface area contributed by atoms with Gasteiger partial charge < -0.3 is 10.8 Å². The van der Waals surface area contributed by atoms with Crippen molar-refractivity contribution in [1.82, 2.24) is 0 Å². The van der Waals surface area contributed by atoms with E-state index in [2.05, 4.69) is 6.92 Å². The van der Waals surface area contributed by atoms with Crippen molar-refractivity contribution < 1.29 is 5.11 Å². The van der Waals surface area contributed by atoms with Crippen LogP contribution < -0.4 is 5.73 Å². The Kier molecular flexibility index (Phi) is 6.58. The normalized spacial score (nSPS) is 13.7. The molecule has 3 heteroatoms. The van der Waals surface area contributed by atoms with E-state index >= 15 is 0 Å². The third-order valence-corrected chi connectivity index (χ3v) is 2.23. The van der Waals surface area contributed by atoms with Gasteiger partial charge >= 0.3 is 0 Å². The first-order chi connectivity index (χ1) is 4.31. The lowest BCUT2D eigenvalue weighted by Gasteiger charge is -2.05. The fraction of sp³-hybridized carbons (Fsp3) is 1.00. The molecule has 3 N–H and O–H groups in total. The summed E-state index contributed by atoms with van der Waals surface area (Å²) in [5, 5.41) is 8.39. The number of hydrogen-bond acceptors (Lipinski definition) is 3. The quantitative estimate of drug-likeness (QED) is 0.558. The van der Waals surface area contributed by atoms with Crippen molar-refractivity contribution in [3.63, 3.8) is 0 Å². The smallest absolute Gasteiger partial charge is 0.0521 e. The number of thioether (sulfide) groups is 1. The van der Waals surface area contributed by atoms with E-state index in [4.69, 9.17) is 10.8 Å². The van der Waals surface area contributed by atoms with Crippen molar-refractivity contribution in [2.24, 2.45) is 5.73 Å². The summed E-state index contributed by atoms with van der Waals surface area (Å²) in [5.74, 6) is 1.78. The van der Waals surface area contributed by atoms with Crippen molar-refractivity contribution in [3.05, 3.63) is 0 Å². The highest BCUT2D eigenvalue weighted by atomic mass is 32.2. The van der Waals surface area contributed by atoms with Crippen LogP contribution in [0, 0.1) is 0 Å². The maximum atomic E-state index is 8.39. The van der Waals surface area contributed by atoms with E-state index in [0.717, 1.165) is 17.9 Å². The summed E-state index contributed by atoms with van der Waals surface area (Å²) in [5.41, 5.74) is 5.61. The zero-order valence-electron chi connectivity index (χ0n) is 5.84. The van der Waals surface area contributed by atoms with Gasteiger partial charge in [0, 0.05) is 17.5 Å². The van der Waals surface area contributed by atoms with E-state index in [0.29, 0.717) is 6.04 Å². The zero-order chi connectivity index (χ0) is 7.11. The lowest BCUT2D eigenvalue weighted by atomic mass is 10.3. The molecule has 2 nitrogen and oxygen atoms in total. The molecule has 0 aromatic carbocycles. The summed E-state index contributed by atoms with van der Waals surface area (Å²) in [6.07, 6.45) is 1.03. The van der Waals surface area contributed by atoms with E-state index in [9.17, 15) is 0 Å². The molecule has 1 unspecified atom stereocenters. The molecule has 0 aromatic heterocycles. The van der Waals surface area contributed by atoms with Crippen molar-refractivity contribution in [2.75, 3.05) is 18.1 Å². The average molecular weight is 149 g/mol. The van der Waals surface area contributed by atoms with Gasteiger partial charge in [0.1, 0.15) is 0 Å². The van der Waals surface area contributed by atoms with Crippen molar-refractivity contribution in [2.45, 2.75) is 19.4 Å². The summed E-state index contributed by atoms with van der Waals surface area (Å²) in [7, 11) is 0. The lowest BCUT2D eigenvalue weighted by molar-refractivity contribution is 0.322. The first kappa shape index (κ1) is 9.27. The molecular weight excluding hydrogens is 134 g/mol. The van der Waals surface area contributed by atoms with Gasteiger partial charge in [-0.05, 0) is 6.42 Å². The Morgan fingerprint density at radius 3 is 2.78 bits per heavy atom. The van der Waals surface area contributed by atoms with Gasteiger partial charge in [0.05, 0.1) is 6.61 Å². The van der Waals surface area contributed by atoms with Gasteiger partial charge in [-0.25, -0.2) is 0 Å². The molecule has 0 aliphatic heterocycles. The summed E-state index contributed by atoms with van der Waals surface area (Å²) in [6, 6.07) is 0.307. The number of nitrogens with two attached hydrogens (primary N) is 1. The standard InChI is InChI=1S/C6H15NOS/c1-2-6(7)5-9-4-3-8/h6,8H,2-5,7H2,1H3. The summed E-state index contributed by atoms with van der Waals surface area (Å²) < 4.78 is 0. The van der Waals surface area contributed by atoms with E-state index in [1.54, 1.807) is 11.8 Å². The van der Waals surface area contributed by atoms with E-state index in [1.165, 1.54) is 0 Å². The molecule has 0 saturated heterocycles. The monoisotopic (exact) mass is 149 g/mol. The van der Waals surface area contributed by atoms with E-state index < -0.39 is 0 Å². The van der Waals surface area contributed by atoms with Gasteiger partial charge in [0.2, 0.25) is 0 Å². The second-order valence-electron chi connectivity index (χ2n) is 1.97. The molecule has 0 aliphatic carbocycles. The van der Waals surface area contributed by atoms with Crippen LogP contribution in [0.5, 0.6) is 0 Å². The summed E-state index contributed by atoms with van der Waals surface area (Å²) in [4.78, 5) is 0. The molecule has 0 heterocycles. The maximum Gasteiger partial charge on any atom is 0.0521 e. The minimum Gasteiger partial charge on any atom is -0.396 e. The highest BCUT2D eigenvalue weighted by molar-refractivity contribution is 7.99. The van der Waals surface area contributed by atoms with Crippen LogP contribution in [-0.4, -0.2) is 29.3 Å². The third-order valence-electron chi connectivity index (χ3n) is 1.09. The second kappa shape index (κ2) is 6.39. The van der Waals surface area contributed by atoms with Crippen molar-refractivity contribution >= 4 is 11.8 Å². The van der Waals surface area contributed by atoms with Crippen LogP contribution in [0.3, 0.4) is 0 Å². The van der Waals surface area contributed by atoms with Gasteiger partial charge in [-0.2, -0.15) is 11.8 Å². The molecule has 0 spiro atoms. The molecule has 0 aliphatic rings. The van der Waals surface area contributed by atoms with Crippen molar-refractivity contribution in [1.29, 1.82) is 0 Å². The summed E-state index contributed by atoms with van der Waals surface area (Å²) >= 11 is 1.71. The molecule has 9 heavy (non-hydrogen) atoms. The molecule has 0 amide bonds. The maximum absolute atomic E-state index is 8.39. The predicted molar refractivity (Wildman–Crippen MR) is 42.7 cm³/mol.